The van der Waals surface area contributed by atoms with Crippen LogP contribution < -0.4 is 10.6 Å². The molecular formula is C12H17ClN2O2S. The maximum Gasteiger partial charge on any atom is 0.242 e. The quantitative estimate of drug-likeness (QED) is 0.888. The Hall–Kier alpha value is -0.750. The summed E-state index contributed by atoms with van der Waals surface area (Å²) in [6.45, 7) is 0.557. The van der Waals surface area contributed by atoms with E-state index in [-0.39, 0.29) is 24.4 Å². The smallest absolute Gasteiger partial charge is 0.242 e. The summed E-state index contributed by atoms with van der Waals surface area (Å²) in [5.41, 5.74) is 1.88. The molecule has 0 saturated carbocycles. The van der Waals surface area contributed by atoms with Crippen molar-refractivity contribution in [2.24, 2.45) is 0 Å². The van der Waals surface area contributed by atoms with E-state index in [1.807, 2.05) is 24.3 Å². The highest BCUT2D eigenvalue weighted by atomic mass is 35.5. The number of hydrogen-bond donors (Lipinski definition) is 2. The fourth-order valence-corrected chi connectivity index (χ4v) is 2.64. The number of rotatable bonds is 4. The van der Waals surface area contributed by atoms with E-state index in [1.165, 1.54) is 0 Å². The van der Waals surface area contributed by atoms with Crippen molar-refractivity contribution in [3.05, 3.63) is 29.8 Å². The highest BCUT2D eigenvalue weighted by Crippen LogP contribution is 2.14. The summed E-state index contributed by atoms with van der Waals surface area (Å²) in [6, 6.07) is 7.64. The highest BCUT2D eigenvalue weighted by Gasteiger charge is 2.22. The largest absolute Gasteiger partial charge is 0.380 e. The maximum absolute atomic E-state index is 11.9. The van der Waals surface area contributed by atoms with Crippen LogP contribution in [0.5, 0.6) is 0 Å². The number of nitrogens with one attached hydrogen (secondary N) is 2. The van der Waals surface area contributed by atoms with Crippen LogP contribution in [0, 0.1) is 0 Å². The van der Waals surface area contributed by atoms with Crippen molar-refractivity contribution in [1.82, 2.24) is 5.32 Å². The Morgan fingerprint density at radius 1 is 1.61 bits per heavy atom. The number of halogens is 1. The number of carbonyl (C=O) groups is 1. The van der Waals surface area contributed by atoms with Crippen LogP contribution >= 0.6 is 24.2 Å². The highest BCUT2D eigenvalue weighted by molar-refractivity contribution is 7.99. The standard InChI is InChI=1S/C12H16N2O2S.ClH/c1-16-6-9-3-2-4-10(5-9)14-12(15)11-7-17-8-13-11;/h2-5,11,13H,6-8H2,1H3,(H,14,15);1H. The van der Waals surface area contributed by atoms with Gasteiger partial charge < -0.3 is 10.1 Å². The molecular weight excluding hydrogens is 272 g/mol. The SMILES string of the molecule is COCc1cccc(NC(=O)C2CSCN2)c1.Cl. The molecule has 1 fully saturated rings. The molecule has 1 aliphatic rings. The van der Waals surface area contributed by atoms with Crippen molar-refractivity contribution in [2.45, 2.75) is 12.6 Å². The first kappa shape index (κ1) is 15.3. The van der Waals surface area contributed by atoms with E-state index in [2.05, 4.69) is 10.6 Å². The third kappa shape index (κ3) is 4.17. The number of ether oxygens (including phenoxy) is 1. The zero-order chi connectivity index (χ0) is 12.1. The van der Waals surface area contributed by atoms with E-state index in [4.69, 9.17) is 4.74 Å². The monoisotopic (exact) mass is 288 g/mol. The van der Waals surface area contributed by atoms with Gasteiger partial charge in [-0.3, -0.25) is 10.1 Å². The summed E-state index contributed by atoms with van der Waals surface area (Å²) in [7, 11) is 1.66. The number of methoxy groups -OCH3 is 1. The number of carbonyl (C=O) groups excluding carboxylic acids is 1. The minimum atomic E-state index is -0.0777. The summed E-state index contributed by atoms with van der Waals surface area (Å²) in [6.07, 6.45) is 0. The molecule has 100 valence electrons. The molecule has 1 saturated heterocycles. The van der Waals surface area contributed by atoms with Crippen molar-refractivity contribution in [3.8, 4) is 0 Å². The normalized spacial score (nSPS) is 18.2. The molecule has 1 heterocycles. The van der Waals surface area contributed by atoms with Gasteiger partial charge in [-0.2, -0.15) is 0 Å². The van der Waals surface area contributed by atoms with Gasteiger partial charge in [0.1, 0.15) is 0 Å². The predicted octanol–water partition coefficient (Wildman–Crippen LogP) is 1.86. The second kappa shape index (κ2) is 7.63. The number of hydrogen-bond acceptors (Lipinski definition) is 4. The fraction of sp³-hybridized carbons (Fsp3) is 0.417. The Bertz CT molecular complexity index is 397. The lowest BCUT2D eigenvalue weighted by Gasteiger charge is -2.11. The van der Waals surface area contributed by atoms with Crippen LogP contribution in [0.4, 0.5) is 5.69 Å². The molecule has 0 aromatic heterocycles. The summed E-state index contributed by atoms with van der Waals surface area (Å²) in [5.74, 6) is 1.72. The van der Waals surface area contributed by atoms with Crippen LogP contribution in [0.3, 0.4) is 0 Å². The summed E-state index contributed by atoms with van der Waals surface area (Å²) in [4.78, 5) is 11.9. The van der Waals surface area contributed by atoms with E-state index in [1.54, 1.807) is 18.9 Å². The van der Waals surface area contributed by atoms with Gasteiger partial charge in [-0.1, -0.05) is 12.1 Å². The van der Waals surface area contributed by atoms with Gasteiger partial charge in [-0.05, 0) is 17.7 Å². The van der Waals surface area contributed by atoms with Crippen molar-refractivity contribution in [3.63, 3.8) is 0 Å². The Balaban J connectivity index is 0.00000162. The lowest BCUT2D eigenvalue weighted by Crippen LogP contribution is -2.37. The molecule has 0 bridgehead atoms. The van der Waals surface area contributed by atoms with Gasteiger partial charge in [0.05, 0.1) is 12.6 Å². The van der Waals surface area contributed by atoms with Gasteiger partial charge in [0.25, 0.3) is 0 Å². The second-order valence-corrected chi connectivity index (χ2v) is 4.92. The molecule has 1 atom stereocenters. The average Bonchev–Trinajstić information content (AvgIpc) is 2.83. The van der Waals surface area contributed by atoms with Gasteiger partial charge in [-0.15, -0.1) is 24.2 Å². The van der Waals surface area contributed by atoms with Gasteiger partial charge in [0.2, 0.25) is 5.91 Å². The molecule has 0 aliphatic carbocycles. The minimum absolute atomic E-state index is 0. The molecule has 2 rings (SSSR count). The molecule has 1 unspecified atom stereocenters. The van der Waals surface area contributed by atoms with Gasteiger partial charge in [0.15, 0.2) is 0 Å². The van der Waals surface area contributed by atoms with E-state index >= 15 is 0 Å². The average molecular weight is 289 g/mol. The first-order valence-corrected chi connectivity index (χ1v) is 6.65. The lowest BCUT2D eigenvalue weighted by atomic mass is 10.2. The van der Waals surface area contributed by atoms with Crippen LogP contribution in [-0.4, -0.2) is 30.7 Å². The van der Waals surface area contributed by atoms with E-state index in [9.17, 15) is 4.79 Å². The van der Waals surface area contributed by atoms with E-state index in [0.717, 1.165) is 22.9 Å². The van der Waals surface area contributed by atoms with E-state index < -0.39 is 0 Å². The lowest BCUT2D eigenvalue weighted by molar-refractivity contribution is -0.117. The topological polar surface area (TPSA) is 50.4 Å². The summed E-state index contributed by atoms with van der Waals surface area (Å²) >= 11 is 1.74. The van der Waals surface area contributed by atoms with Crippen LogP contribution in [0.15, 0.2) is 24.3 Å². The van der Waals surface area contributed by atoms with Crippen molar-refractivity contribution in [2.75, 3.05) is 24.1 Å². The third-order valence-electron chi connectivity index (χ3n) is 2.54. The van der Waals surface area contributed by atoms with Crippen molar-refractivity contribution >= 4 is 35.8 Å². The Morgan fingerprint density at radius 2 is 2.44 bits per heavy atom. The first-order valence-electron chi connectivity index (χ1n) is 5.49. The van der Waals surface area contributed by atoms with Crippen LogP contribution in [0.25, 0.3) is 0 Å². The molecule has 0 radical (unpaired) electrons. The van der Waals surface area contributed by atoms with Gasteiger partial charge in [0, 0.05) is 24.4 Å². The van der Waals surface area contributed by atoms with Crippen LogP contribution in [0.1, 0.15) is 5.56 Å². The molecule has 0 spiro atoms. The van der Waals surface area contributed by atoms with Crippen LogP contribution in [-0.2, 0) is 16.1 Å². The van der Waals surface area contributed by atoms with E-state index in [0.29, 0.717) is 6.61 Å². The summed E-state index contributed by atoms with van der Waals surface area (Å²) in [5, 5.41) is 6.05. The molecule has 18 heavy (non-hydrogen) atoms. The van der Waals surface area contributed by atoms with Crippen LogP contribution in [0.2, 0.25) is 0 Å². The molecule has 1 aromatic carbocycles. The van der Waals surface area contributed by atoms with Gasteiger partial charge >= 0.3 is 0 Å². The Labute approximate surface area is 117 Å². The van der Waals surface area contributed by atoms with Crippen molar-refractivity contribution < 1.29 is 9.53 Å². The number of benzene rings is 1. The number of amides is 1. The molecule has 1 aliphatic heterocycles. The number of thioether (sulfide) groups is 1. The van der Waals surface area contributed by atoms with Gasteiger partial charge in [-0.25, -0.2) is 0 Å². The Kier molecular flexibility index (Phi) is 6.49. The minimum Gasteiger partial charge on any atom is -0.380 e. The predicted molar refractivity (Wildman–Crippen MR) is 77.3 cm³/mol. The molecule has 2 N–H and O–H groups in total. The second-order valence-electron chi connectivity index (χ2n) is 3.89. The summed E-state index contributed by atoms with van der Waals surface area (Å²) < 4.78 is 5.06. The Morgan fingerprint density at radius 3 is 3.11 bits per heavy atom. The molecule has 6 heteroatoms. The number of anilines is 1. The zero-order valence-corrected chi connectivity index (χ0v) is 11.8. The first-order chi connectivity index (χ1) is 8.29. The molecule has 1 aromatic rings. The van der Waals surface area contributed by atoms with Crippen molar-refractivity contribution in [1.29, 1.82) is 0 Å². The fourth-order valence-electron chi connectivity index (χ4n) is 1.70. The maximum atomic E-state index is 11.9. The molecule has 1 amide bonds. The molecule has 4 nitrogen and oxygen atoms in total. The zero-order valence-electron chi connectivity index (χ0n) is 10.1. The third-order valence-corrected chi connectivity index (χ3v) is 3.48.